The fourth-order valence-corrected chi connectivity index (χ4v) is 1.38. The van der Waals surface area contributed by atoms with Crippen molar-refractivity contribution in [3.05, 3.63) is 18.2 Å². The number of nitrogens with two attached hydrogens (primary N) is 1. The second-order valence-corrected chi connectivity index (χ2v) is 3.57. The third-order valence-corrected chi connectivity index (χ3v) is 2.26. The molecule has 3 N–H and O–H groups in total. The monoisotopic (exact) mass is 238 g/mol. The molecule has 94 valence electrons. The number of esters is 1. The highest BCUT2D eigenvalue weighted by molar-refractivity contribution is 5.79. The van der Waals surface area contributed by atoms with Gasteiger partial charge in [-0.3, -0.25) is 0 Å². The summed E-state index contributed by atoms with van der Waals surface area (Å²) in [5.41, 5.74) is 7.01. The zero-order chi connectivity index (χ0) is 12.8. The van der Waals surface area contributed by atoms with Crippen LogP contribution in [0.1, 0.15) is 13.8 Å². The van der Waals surface area contributed by atoms with E-state index in [-0.39, 0.29) is 5.97 Å². The zero-order valence-corrected chi connectivity index (χ0v) is 10.3. The van der Waals surface area contributed by atoms with Gasteiger partial charge in [-0.05, 0) is 26.0 Å². The van der Waals surface area contributed by atoms with Gasteiger partial charge >= 0.3 is 5.97 Å². The number of carbonyl (C=O) groups is 1. The van der Waals surface area contributed by atoms with Gasteiger partial charge in [0.05, 0.1) is 19.4 Å². The predicted octanol–water partition coefficient (Wildman–Crippen LogP) is 1.64. The molecule has 0 aliphatic carbocycles. The van der Waals surface area contributed by atoms with Crippen LogP contribution in [0.2, 0.25) is 0 Å². The van der Waals surface area contributed by atoms with E-state index in [1.54, 1.807) is 39.2 Å². The molecular formula is C12H18N2O3. The van der Waals surface area contributed by atoms with E-state index >= 15 is 0 Å². The van der Waals surface area contributed by atoms with Crippen LogP contribution < -0.4 is 15.8 Å². The molecule has 0 aliphatic heterocycles. The molecule has 0 heterocycles. The summed E-state index contributed by atoms with van der Waals surface area (Å²) in [4.78, 5) is 11.4. The minimum atomic E-state index is -0.414. The highest BCUT2D eigenvalue weighted by Crippen LogP contribution is 2.25. The molecule has 1 aromatic carbocycles. The van der Waals surface area contributed by atoms with Crippen molar-refractivity contribution in [1.29, 1.82) is 0 Å². The van der Waals surface area contributed by atoms with Crippen molar-refractivity contribution in [3.8, 4) is 5.75 Å². The summed E-state index contributed by atoms with van der Waals surface area (Å²) in [7, 11) is 1.55. The topological polar surface area (TPSA) is 73.6 Å². The first-order valence-corrected chi connectivity index (χ1v) is 5.45. The first kappa shape index (κ1) is 13.2. The molecule has 0 fully saturated rings. The second-order valence-electron chi connectivity index (χ2n) is 3.57. The normalized spacial score (nSPS) is 11.7. The number of nitrogens with one attached hydrogen (secondary N) is 1. The molecule has 0 bridgehead atoms. The van der Waals surface area contributed by atoms with Crippen LogP contribution in [0.15, 0.2) is 18.2 Å². The van der Waals surface area contributed by atoms with Crippen LogP contribution in [0.25, 0.3) is 0 Å². The maximum absolute atomic E-state index is 11.4. The summed E-state index contributed by atoms with van der Waals surface area (Å²) >= 11 is 0. The average molecular weight is 238 g/mol. The number of anilines is 2. The molecule has 0 saturated heterocycles. The van der Waals surface area contributed by atoms with Crippen molar-refractivity contribution < 1.29 is 14.3 Å². The lowest BCUT2D eigenvalue weighted by molar-refractivity contribution is -0.143. The van der Waals surface area contributed by atoms with Crippen LogP contribution >= 0.6 is 0 Å². The highest BCUT2D eigenvalue weighted by Gasteiger charge is 2.13. The molecule has 17 heavy (non-hydrogen) atoms. The molecule has 0 amide bonds. The fraction of sp³-hybridized carbons (Fsp3) is 0.417. The van der Waals surface area contributed by atoms with E-state index in [9.17, 15) is 4.79 Å². The number of methoxy groups -OCH3 is 1. The number of nitrogen functional groups attached to an aromatic ring is 1. The summed E-state index contributed by atoms with van der Waals surface area (Å²) < 4.78 is 9.99. The largest absolute Gasteiger partial charge is 0.495 e. The molecule has 0 aromatic heterocycles. The lowest BCUT2D eigenvalue weighted by atomic mass is 10.2. The third kappa shape index (κ3) is 3.55. The molecule has 0 spiro atoms. The maximum Gasteiger partial charge on any atom is 0.328 e. The first-order chi connectivity index (χ1) is 8.08. The van der Waals surface area contributed by atoms with E-state index in [1.165, 1.54) is 0 Å². The van der Waals surface area contributed by atoms with E-state index in [0.29, 0.717) is 18.0 Å². The Hall–Kier alpha value is -1.91. The molecule has 5 nitrogen and oxygen atoms in total. The number of carbonyl (C=O) groups excluding carboxylic acids is 1. The van der Waals surface area contributed by atoms with E-state index in [2.05, 4.69) is 5.32 Å². The van der Waals surface area contributed by atoms with Crippen molar-refractivity contribution in [2.45, 2.75) is 19.9 Å². The Labute approximate surface area is 101 Å². The van der Waals surface area contributed by atoms with Crippen LogP contribution in [0.3, 0.4) is 0 Å². The third-order valence-electron chi connectivity index (χ3n) is 2.26. The van der Waals surface area contributed by atoms with E-state index in [1.807, 2.05) is 0 Å². The summed E-state index contributed by atoms with van der Waals surface area (Å²) in [5, 5.41) is 3.02. The second kappa shape index (κ2) is 5.98. The van der Waals surface area contributed by atoms with Gasteiger partial charge in [0.25, 0.3) is 0 Å². The summed E-state index contributed by atoms with van der Waals surface area (Å²) in [6, 6.07) is 4.83. The minimum Gasteiger partial charge on any atom is -0.495 e. The molecule has 1 unspecified atom stereocenters. The van der Waals surface area contributed by atoms with Gasteiger partial charge in [0.1, 0.15) is 11.8 Å². The van der Waals surface area contributed by atoms with Gasteiger partial charge in [0.2, 0.25) is 0 Å². The number of rotatable bonds is 5. The Bertz CT molecular complexity index is 393. The van der Waals surface area contributed by atoms with Crippen LogP contribution in [0, 0.1) is 0 Å². The van der Waals surface area contributed by atoms with Crippen molar-refractivity contribution in [2.75, 3.05) is 24.8 Å². The van der Waals surface area contributed by atoms with Crippen molar-refractivity contribution in [1.82, 2.24) is 0 Å². The summed E-state index contributed by atoms with van der Waals surface area (Å²) in [6.07, 6.45) is 0. The molecule has 0 saturated carbocycles. The number of ether oxygens (including phenoxy) is 2. The smallest absolute Gasteiger partial charge is 0.328 e. The molecular weight excluding hydrogens is 220 g/mol. The Balaban J connectivity index is 2.71. The van der Waals surface area contributed by atoms with Gasteiger partial charge in [-0.2, -0.15) is 0 Å². The minimum absolute atomic E-state index is 0.289. The Kier molecular flexibility index (Phi) is 4.63. The molecule has 1 atom stereocenters. The van der Waals surface area contributed by atoms with E-state index in [0.717, 1.165) is 5.69 Å². The van der Waals surface area contributed by atoms with Gasteiger partial charge in [-0.15, -0.1) is 0 Å². The summed E-state index contributed by atoms with van der Waals surface area (Å²) in [6.45, 7) is 3.88. The molecule has 1 aromatic rings. The number of hydrogen-bond donors (Lipinski definition) is 2. The molecule has 0 aliphatic rings. The maximum atomic E-state index is 11.4. The van der Waals surface area contributed by atoms with Gasteiger partial charge in [0, 0.05) is 11.8 Å². The number of benzene rings is 1. The average Bonchev–Trinajstić information content (AvgIpc) is 2.31. The zero-order valence-electron chi connectivity index (χ0n) is 10.3. The van der Waals surface area contributed by atoms with Crippen LogP contribution in [-0.2, 0) is 9.53 Å². The SMILES string of the molecule is CCOC(=O)C(C)Nc1ccc(N)c(OC)c1. The molecule has 0 radical (unpaired) electrons. The van der Waals surface area contributed by atoms with Crippen LogP contribution in [-0.4, -0.2) is 25.7 Å². The Morgan fingerprint density at radius 1 is 1.53 bits per heavy atom. The standard InChI is InChI=1S/C12H18N2O3/c1-4-17-12(15)8(2)14-9-5-6-10(13)11(7-9)16-3/h5-8,14H,4,13H2,1-3H3. The lowest BCUT2D eigenvalue weighted by Gasteiger charge is -2.15. The van der Waals surface area contributed by atoms with Gasteiger partial charge in [-0.1, -0.05) is 0 Å². The fourth-order valence-electron chi connectivity index (χ4n) is 1.38. The summed E-state index contributed by atoms with van der Waals surface area (Å²) in [5.74, 6) is 0.286. The van der Waals surface area contributed by atoms with Gasteiger partial charge < -0.3 is 20.5 Å². The van der Waals surface area contributed by atoms with Gasteiger partial charge in [-0.25, -0.2) is 4.79 Å². The molecule has 5 heteroatoms. The van der Waals surface area contributed by atoms with E-state index in [4.69, 9.17) is 15.2 Å². The van der Waals surface area contributed by atoms with Crippen molar-refractivity contribution >= 4 is 17.3 Å². The van der Waals surface area contributed by atoms with Crippen LogP contribution in [0.5, 0.6) is 5.75 Å². The Morgan fingerprint density at radius 3 is 2.82 bits per heavy atom. The first-order valence-electron chi connectivity index (χ1n) is 5.45. The van der Waals surface area contributed by atoms with Gasteiger partial charge in [0.15, 0.2) is 0 Å². The van der Waals surface area contributed by atoms with Crippen molar-refractivity contribution in [3.63, 3.8) is 0 Å². The number of hydrogen-bond acceptors (Lipinski definition) is 5. The highest BCUT2D eigenvalue weighted by atomic mass is 16.5. The Morgan fingerprint density at radius 2 is 2.24 bits per heavy atom. The molecule has 1 rings (SSSR count). The van der Waals surface area contributed by atoms with Crippen LogP contribution in [0.4, 0.5) is 11.4 Å². The predicted molar refractivity (Wildman–Crippen MR) is 67.1 cm³/mol. The lowest BCUT2D eigenvalue weighted by Crippen LogP contribution is -2.28. The van der Waals surface area contributed by atoms with Crippen molar-refractivity contribution in [2.24, 2.45) is 0 Å². The van der Waals surface area contributed by atoms with E-state index < -0.39 is 6.04 Å². The quantitative estimate of drug-likeness (QED) is 0.602.